The van der Waals surface area contributed by atoms with E-state index in [4.69, 9.17) is 0 Å². The van der Waals surface area contributed by atoms with Crippen molar-refractivity contribution in [2.45, 2.75) is 19.9 Å². The van der Waals surface area contributed by atoms with Crippen molar-refractivity contribution in [3.63, 3.8) is 0 Å². The number of hydrogen-bond acceptors (Lipinski definition) is 3. The largest absolute Gasteiger partial charge is 0.336 e. The lowest BCUT2D eigenvalue weighted by atomic mass is 10.3. The summed E-state index contributed by atoms with van der Waals surface area (Å²) >= 11 is 0. The zero-order valence-electron chi connectivity index (χ0n) is 10.7. The van der Waals surface area contributed by atoms with Gasteiger partial charge in [0.1, 0.15) is 0 Å². The highest BCUT2D eigenvalue weighted by Gasteiger charge is 2.05. The first-order chi connectivity index (χ1) is 9.20. The highest BCUT2D eigenvalue weighted by atomic mass is 16.2. The van der Waals surface area contributed by atoms with Crippen molar-refractivity contribution in [1.29, 1.82) is 0 Å². The molecule has 6 nitrogen and oxygen atoms in total. The maximum atomic E-state index is 11.3. The number of nitrogens with one attached hydrogen (secondary N) is 2. The van der Waals surface area contributed by atoms with Crippen LogP contribution in [-0.4, -0.2) is 28.0 Å². The third kappa shape index (κ3) is 3.31. The van der Waals surface area contributed by atoms with Crippen LogP contribution in [0.15, 0.2) is 30.6 Å². The van der Waals surface area contributed by atoms with E-state index in [0.29, 0.717) is 19.5 Å². The van der Waals surface area contributed by atoms with Crippen molar-refractivity contribution < 1.29 is 9.59 Å². The fourth-order valence-electron chi connectivity index (χ4n) is 1.74. The first kappa shape index (κ1) is 13.1. The highest BCUT2D eigenvalue weighted by Crippen LogP contribution is 2.10. The van der Waals surface area contributed by atoms with Crippen molar-refractivity contribution in [1.82, 2.24) is 20.2 Å². The van der Waals surface area contributed by atoms with Gasteiger partial charge in [-0.3, -0.25) is 10.1 Å². The van der Waals surface area contributed by atoms with Gasteiger partial charge in [-0.1, -0.05) is 19.1 Å². The molecule has 2 aromatic rings. The standard InChI is InChI=1S/C13H16N4O2/c1-2-12(18)16-13(19)14-7-8-17-9-15-10-5-3-4-6-11(10)17/h3-6,9H,2,7-8H2,1H3,(H2,14,16,18,19). The number of carbonyl (C=O) groups excluding carboxylic acids is 2. The number of imidazole rings is 1. The molecule has 0 spiro atoms. The van der Waals surface area contributed by atoms with Crippen LogP contribution < -0.4 is 10.6 Å². The van der Waals surface area contributed by atoms with Crippen LogP contribution in [0.5, 0.6) is 0 Å². The average Bonchev–Trinajstić information content (AvgIpc) is 2.82. The number of para-hydroxylation sites is 2. The summed E-state index contributed by atoms with van der Waals surface area (Å²) in [5.74, 6) is -0.286. The third-order valence-electron chi connectivity index (χ3n) is 2.74. The Morgan fingerprint density at radius 1 is 1.32 bits per heavy atom. The van der Waals surface area contributed by atoms with Crippen LogP contribution in [-0.2, 0) is 11.3 Å². The van der Waals surface area contributed by atoms with Gasteiger partial charge >= 0.3 is 6.03 Å². The molecule has 1 heterocycles. The van der Waals surface area contributed by atoms with Gasteiger partial charge in [0.05, 0.1) is 17.4 Å². The second-order valence-corrected chi connectivity index (χ2v) is 4.08. The fourth-order valence-corrected chi connectivity index (χ4v) is 1.74. The topological polar surface area (TPSA) is 76.0 Å². The lowest BCUT2D eigenvalue weighted by Crippen LogP contribution is -2.40. The van der Waals surface area contributed by atoms with E-state index in [1.807, 2.05) is 28.8 Å². The highest BCUT2D eigenvalue weighted by molar-refractivity contribution is 5.94. The number of fused-ring (bicyclic) bond motifs is 1. The molecule has 19 heavy (non-hydrogen) atoms. The monoisotopic (exact) mass is 260 g/mol. The molecule has 0 bridgehead atoms. The Labute approximate surface area is 110 Å². The van der Waals surface area contributed by atoms with E-state index in [9.17, 15) is 9.59 Å². The molecule has 0 fully saturated rings. The Kier molecular flexibility index (Phi) is 4.12. The van der Waals surface area contributed by atoms with Crippen LogP contribution in [0.25, 0.3) is 11.0 Å². The Morgan fingerprint density at radius 3 is 2.89 bits per heavy atom. The van der Waals surface area contributed by atoms with E-state index in [0.717, 1.165) is 11.0 Å². The summed E-state index contributed by atoms with van der Waals surface area (Å²) in [6, 6.07) is 7.33. The third-order valence-corrected chi connectivity index (χ3v) is 2.74. The average molecular weight is 260 g/mol. The number of nitrogens with zero attached hydrogens (tertiary/aromatic N) is 2. The van der Waals surface area contributed by atoms with E-state index >= 15 is 0 Å². The normalized spacial score (nSPS) is 10.4. The second-order valence-electron chi connectivity index (χ2n) is 4.08. The number of hydrogen-bond donors (Lipinski definition) is 2. The number of imide groups is 1. The molecule has 0 saturated heterocycles. The second kappa shape index (κ2) is 5.99. The van der Waals surface area contributed by atoms with Crippen molar-refractivity contribution >= 4 is 23.0 Å². The molecule has 6 heteroatoms. The molecular formula is C13H16N4O2. The van der Waals surface area contributed by atoms with E-state index < -0.39 is 6.03 Å². The van der Waals surface area contributed by atoms with Gasteiger partial charge in [-0.05, 0) is 12.1 Å². The van der Waals surface area contributed by atoms with Crippen LogP contribution in [0.4, 0.5) is 4.79 Å². The summed E-state index contributed by atoms with van der Waals surface area (Å²) in [6.45, 7) is 2.73. The molecule has 0 saturated carbocycles. The van der Waals surface area contributed by atoms with Crippen LogP contribution in [0.2, 0.25) is 0 Å². The molecule has 0 aliphatic rings. The quantitative estimate of drug-likeness (QED) is 0.869. The Hall–Kier alpha value is -2.37. The van der Waals surface area contributed by atoms with Crippen LogP contribution in [0, 0.1) is 0 Å². The van der Waals surface area contributed by atoms with Gasteiger partial charge in [0.25, 0.3) is 0 Å². The maximum absolute atomic E-state index is 11.3. The summed E-state index contributed by atoms with van der Waals surface area (Å²) in [7, 11) is 0. The fraction of sp³-hybridized carbons (Fsp3) is 0.308. The molecule has 0 aliphatic heterocycles. The summed E-state index contributed by atoms with van der Waals surface area (Å²) in [5, 5.41) is 4.86. The molecule has 3 amide bonds. The minimum Gasteiger partial charge on any atom is -0.336 e. The number of urea groups is 1. The summed E-state index contributed by atoms with van der Waals surface area (Å²) < 4.78 is 1.96. The predicted octanol–water partition coefficient (Wildman–Crippen LogP) is 1.27. The zero-order chi connectivity index (χ0) is 13.7. The van der Waals surface area contributed by atoms with Crippen LogP contribution in [0.3, 0.4) is 0 Å². The Balaban J connectivity index is 1.86. The Bertz CT molecular complexity index is 591. The van der Waals surface area contributed by atoms with Crippen molar-refractivity contribution in [3.05, 3.63) is 30.6 Å². The first-order valence-electron chi connectivity index (χ1n) is 6.18. The number of carbonyl (C=O) groups is 2. The zero-order valence-corrected chi connectivity index (χ0v) is 10.7. The molecule has 100 valence electrons. The summed E-state index contributed by atoms with van der Waals surface area (Å²) in [6.07, 6.45) is 2.03. The van der Waals surface area contributed by atoms with Gasteiger partial charge in [0.15, 0.2) is 0 Å². The van der Waals surface area contributed by atoms with E-state index in [1.165, 1.54) is 0 Å². The smallest absolute Gasteiger partial charge is 0.321 e. The van der Waals surface area contributed by atoms with Crippen molar-refractivity contribution in [3.8, 4) is 0 Å². The number of aromatic nitrogens is 2. The molecule has 0 radical (unpaired) electrons. The van der Waals surface area contributed by atoms with Gasteiger partial charge in [-0.15, -0.1) is 0 Å². The van der Waals surface area contributed by atoms with E-state index in [2.05, 4.69) is 15.6 Å². The van der Waals surface area contributed by atoms with E-state index in [-0.39, 0.29) is 5.91 Å². The lowest BCUT2D eigenvalue weighted by molar-refractivity contribution is -0.119. The lowest BCUT2D eigenvalue weighted by Gasteiger charge is -2.07. The maximum Gasteiger partial charge on any atom is 0.321 e. The number of amides is 3. The van der Waals surface area contributed by atoms with E-state index in [1.54, 1.807) is 13.3 Å². The van der Waals surface area contributed by atoms with Crippen LogP contribution >= 0.6 is 0 Å². The van der Waals surface area contributed by atoms with Gasteiger partial charge in [0, 0.05) is 19.5 Å². The Morgan fingerprint density at radius 2 is 2.11 bits per heavy atom. The van der Waals surface area contributed by atoms with Crippen molar-refractivity contribution in [2.24, 2.45) is 0 Å². The predicted molar refractivity (Wildman–Crippen MR) is 71.6 cm³/mol. The summed E-state index contributed by atoms with van der Waals surface area (Å²) in [4.78, 5) is 26.6. The van der Waals surface area contributed by atoms with Gasteiger partial charge in [0.2, 0.25) is 5.91 Å². The molecule has 1 aromatic carbocycles. The van der Waals surface area contributed by atoms with Gasteiger partial charge < -0.3 is 9.88 Å². The molecule has 0 unspecified atom stereocenters. The minimum atomic E-state index is -0.462. The minimum absolute atomic E-state index is 0.286. The molecule has 1 aromatic heterocycles. The molecule has 2 rings (SSSR count). The van der Waals surface area contributed by atoms with Crippen molar-refractivity contribution in [2.75, 3.05) is 6.54 Å². The molecule has 0 atom stereocenters. The molecule has 0 aliphatic carbocycles. The number of benzene rings is 1. The number of rotatable bonds is 4. The SMILES string of the molecule is CCC(=O)NC(=O)NCCn1cnc2ccccc21. The van der Waals surface area contributed by atoms with Gasteiger partial charge in [-0.2, -0.15) is 0 Å². The first-order valence-corrected chi connectivity index (χ1v) is 6.18. The molecule has 2 N–H and O–H groups in total. The summed E-state index contributed by atoms with van der Waals surface area (Å²) in [5.41, 5.74) is 1.95. The van der Waals surface area contributed by atoms with Crippen LogP contribution in [0.1, 0.15) is 13.3 Å². The molecular weight excluding hydrogens is 244 g/mol. The van der Waals surface area contributed by atoms with Gasteiger partial charge in [-0.25, -0.2) is 9.78 Å².